The Balaban J connectivity index is 1.92. The molecule has 1 aliphatic heterocycles. The maximum Gasteiger partial charge on any atom is 0.252 e. The zero-order chi connectivity index (χ0) is 13.1. The lowest BCUT2D eigenvalue weighted by atomic mass is 10.2. The molecule has 0 radical (unpaired) electrons. The molecule has 0 saturated carbocycles. The highest BCUT2D eigenvalue weighted by Gasteiger charge is 2.28. The first-order chi connectivity index (χ1) is 8.56. The number of aryl methyl sites for hydroxylation is 1. The van der Waals surface area contributed by atoms with Crippen molar-refractivity contribution in [1.82, 2.24) is 20.0 Å². The fourth-order valence-corrected chi connectivity index (χ4v) is 2.63. The summed E-state index contributed by atoms with van der Waals surface area (Å²) in [5.41, 5.74) is 0. The number of rotatable bonds is 3. The molecule has 1 amide bonds. The summed E-state index contributed by atoms with van der Waals surface area (Å²) in [6.45, 7) is 4.72. The maximum atomic E-state index is 11.8. The van der Waals surface area contributed by atoms with Crippen molar-refractivity contribution in [3.8, 4) is 0 Å². The number of morpholine rings is 1. The number of ether oxygens (including phenoxy) is 1. The second-order valence-corrected chi connectivity index (χ2v) is 5.81. The van der Waals surface area contributed by atoms with Gasteiger partial charge in [0.15, 0.2) is 0 Å². The van der Waals surface area contributed by atoms with Gasteiger partial charge in [-0.25, -0.2) is 0 Å². The first-order valence-corrected chi connectivity index (χ1v) is 6.72. The van der Waals surface area contributed by atoms with E-state index in [0.29, 0.717) is 13.2 Å². The van der Waals surface area contributed by atoms with Crippen LogP contribution >= 0.6 is 11.3 Å². The van der Waals surface area contributed by atoms with Crippen LogP contribution in [0.2, 0.25) is 0 Å². The van der Waals surface area contributed by atoms with Gasteiger partial charge in [0.2, 0.25) is 0 Å². The molecule has 2 heterocycles. The number of aromatic nitrogens is 2. The molecule has 0 aromatic carbocycles. The molecule has 7 heteroatoms. The molecule has 0 aliphatic carbocycles. The summed E-state index contributed by atoms with van der Waals surface area (Å²) in [4.78, 5) is 15.6. The summed E-state index contributed by atoms with van der Waals surface area (Å²) in [6.07, 6.45) is -0.359. The number of nitrogens with zero attached hydrogens (tertiary/aromatic N) is 4. The minimum absolute atomic E-state index is 0.0214. The summed E-state index contributed by atoms with van der Waals surface area (Å²) in [5, 5.41) is 10.1. The van der Waals surface area contributed by atoms with Gasteiger partial charge in [0.25, 0.3) is 5.91 Å². The minimum Gasteiger partial charge on any atom is -0.366 e. The quantitative estimate of drug-likeness (QED) is 0.781. The molecule has 0 spiro atoms. The van der Waals surface area contributed by atoms with Crippen molar-refractivity contribution in [2.75, 3.05) is 33.8 Å². The van der Waals surface area contributed by atoms with Gasteiger partial charge in [0.1, 0.15) is 16.1 Å². The third-order valence-electron chi connectivity index (χ3n) is 2.79. The van der Waals surface area contributed by atoms with E-state index >= 15 is 0 Å². The van der Waals surface area contributed by atoms with E-state index < -0.39 is 0 Å². The van der Waals surface area contributed by atoms with E-state index in [1.165, 1.54) is 0 Å². The van der Waals surface area contributed by atoms with Gasteiger partial charge in [0.05, 0.1) is 13.2 Å². The topological polar surface area (TPSA) is 58.6 Å². The van der Waals surface area contributed by atoms with Crippen molar-refractivity contribution in [3.63, 3.8) is 0 Å². The predicted molar refractivity (Wildman–Crippen MR) is 68.4 cm³/mol. The van der Waals surface area contributed by atoms with Crippen LogP contribution in [0.4, 0.5) is 0 Å². The molecular formula is C11H18N4O2S. The van der Waals surface area contributed by atoms with E-state index in [-0.39, 0.29) is 12.0 Å². The number of hydrogen-bond acceptors (Lipinski definition) is 6. The maximum absolute atomic E-state index is 11.8. The molecule has 2 rings (SSSR count). The molecule has 1 aromatic rings. The SMILES string of the molecule is Cc1nnc(CN2CCO[C@H](C(=O)N(C)C)C2)s1. The molecule has 1 aromatic heterocycles. The third-order valence-corrected chi connectivity index (χ3v) is 3.62. The average Bonchev–Trinajstić information content (AvgIpc) is 2.74. The molecule has 0 bridgehead atoms. The van der Waals surface area contributed by atoms with Gasteiger partial charge in [0, 0.05) is 27.2 Å². The average molecular weight is 270 g/mol. The predicted octanol–water partition coefficient (Wildman–Crippen LogP) is 0.136. The summed E-state index contributed by atoms with van der Waals surface area (Å²) >= 11 is 1.60. The van der Waals surface area contributed by atoms with Crippen LogP contribution < -0.4 is 0 Å². The lowest BCUT2D eigenvalue weighted by Gasteiger charge is -2.32. The number of likely N-dealkylation sites (N-methyl/N-ethyl adjacent to an activating group) is 1. The van der Waals surface area contributed by atoms with Crippen molar-refractivity contribution in [2.45, 2.75) is 19.6 Å². The second-order valence-electron chi connectivity index (χ2n) is 4.54. The molecular weight excluding hydrogens is 252 g/mol. The van der Waals surface area contributed by atoms with Gasteiger partial charge < -0.3 is 9.64 Å². The fraction of sp³-hybridized carbons (Fsp3) is 0.727. The Hall–Kier alpha value is -1.05. The Kier molecular flexibility index (Phi) is 4.26. The third kappa shape index (κ3) is 3.24. The van der Waals surface area contributed by atoms with Crippen LogP contribution in [-0.4, -0.2) is 65.8 Å². The van der Waals surface area contributed by atoms with Crippen LogP contribution in [-0.2, 0) is 16.1 Å². The summed E-state index contributed by atoms with van der Waals surface area (Å²) in [6, 6.07) is 0. The minimum atomic E-state index is -0.359. The zero-order valence-electron chi connectivity index (χ0n) is 10.9. The molecule has 1 atom stereocenters. The molecule has 1 fully saturated rings. The number of carbonyl (C=O) groups is 1. The normalized spacial score (nSPS) is 20.9. The van der Waals surface area contributed by atoms with Crippen molar-refractivity contribution in [3.05, 3.63) is 10.0 Å². The highest BCUT2D eigenvalue weighted by molar-refractivity contribution is 7.11. The number of carbonyl (C=O) groups excluding carboxylic acids is 1. The highest BCUT2D eigenvalue weighted by atomic mass is 32.1. The molecule has 0 unspecified atom stereocenters. The fourth-order valence-electron chi connectivity index (χ4n) is 1.88. The lowest BCUT2D eigenvalue weighted by molar-refractivity contribution is -0.147. The lowest BCUT2D eigenvalue weighted by Crippen LogP contribution is -2.49. The first kappa shape index (κ1) is 13.4. The standard InChI is InChI=1S/C11H18N4O2S/c1-8-12-13-10(18-8)7-15-4-5-17-9(6-15)11(16)14(2)3/h9H,4-7H2,1-3H3/t9-/m0/s1. The smallest absolute Gasteiger partial charge is 0.252 e. The number of hydrogen-bond donors (Lipinski definition) is 0. The van der Waals surface area contributed by atoms with Gasteiger partial charge in [-0.1, -0.05) is 0 Å². The highest BCUT2D eigenvalue weighted by Crippen LogP contribution is 2.14. The van der Waals surface area contributed by atoms with E-state index in [4.69, 9.17) is 4.74 Å². The van der Waals surface area contributed by atoms with Crippen molar-refractivity contribution in [2.24, 2.45) is 0 Å². The van der Waals surface area contributed by atoms with Crippen LogP contribution in [0.15, 0.2) is 0 Å². The Morgan fingerprint density at radius 1 is 1.56 bits per heavy atom. The largest absolute Gasteiger partial charge is 0.366 e. The zero-order valence-corrected chi connectivity index (χ0v) is 11.7. The van der Waals surface area contributed by atoms with E-state index in [1.54, 1.807) is 30.3 Å². The Morgan fingerprint density at radius 2 is 2.33 bits per heavy atom. The number of amides is 1. The van der Waals surface area contributed by atoms with Crippen LogP contribution in [0.25, 0.3) is 0 Å². The van der Waals surface area contributed by atoms with Gasteiger partial charge in [-0.15, -0.1) is 21.5 Å². The van der Waals surface area contributed by atoms with Crippen molar-refractivity contribution in [1.29, 1.82) is 0 Å². The van der Waals surface area contributed by atoms with Crippen LogP contribution in [0, 0.1) is 6.92 Å². The van der Waals surface area contributed by atoms with Crippen molar-refractivity contribution >= 4 is 17.2 Å². The van der Waals surface area contributed by atoms with Gasteiger partial charge in [-0.3, -0.25) is 9.69 Å². The van der Waals surface area contributed by atoms with E-state index in [9.17, 15) is 4.79 Å². The molecule has 1 saturated heterocycles. The Bertz CT molecular complexity index is 421. The van der Waals surface area contributed by atoms with Gasteiger partial charge in [-0.2, -0.15) is 0 Å². The van der Waals surface area contributed by atoms with Crippen LogP contribution in [0.3, 0.4) is 0 Å². The molecule has 18 heavy (non-hydrogen) atoms. The second kappa shape index (κ2) is 5.73. The van der Waals surface area contributed by atoms with Gasteiger partial charge in [-0.05, 0) is 6.92 Å². The monoisotopic (exact) mass is 270 g/mol. The Morgan fingerprint density at radius 3 is 2.94 bits per heavy atom. The molecule has 100 valence electrons. The summed E-state index contributed by atoms with van der Waals surface area (Å²) < 4.78 is 5.51. The van der Waals surface area contributed by atoms with Crippen LogP contribution in [0.5, 0.6) is 0 Å². The Labute approximate surface area is 111 Å². The summed E-state index contributed by atoms with van der Waals surface area (Å²) in [7, 11) is 3.50. The van der Waals surface area contributed by atoms with E-state index in [0.717, 1.165) is 23.1 Å². The molecule has 6 nitrogen and oxygen atoms in total. The van der Waals surface area contributed by atoms with Crippen molar-refractivity contribution < 1.29 is 9.53 Å². The van der Waals surface area contributed by atoms with Crippen LogP contribution in [0.1, 0.15) is 10.0 Å². The van der Waals surface area contributed by atoms with E-state index in [1.807, 2.05) is 6.92 Å². The molecule has 1 aliphatic rings. The molecule has 0 N–H and O–H groups in total. The van der Waals surface area contributed by atoms with E-state index in [2.05, 4.69) is 15.1 Å². The first-order valence-electron chi connectivity index (χ1n) is 5.90. The van der Waals surface area contributed by atoms with Gasteiger partial charge >= 0.3 is 0 Å². The summed E-state index contributed by atoms with van der Waals surface area (Å²) in [5.74, 6) is 0.0214.